The average Bonchev–Trinajstić information content (AvgIpc) is 2.97. The van der Waals surface area contributed by atoms with Crippen LogP contribution < -0.4 is 5.32 Å². The highest BCUT2D eigenvalue weighted by Gasteiger charge is 2.38. The number of hydrogen-bond donors (Lipinski definition) is 1. The van der Waals surface area contributed by atoms with Gasteiger partial charge in [0.2, 0.25) is 0 Å². The average molecular weight is 1080 g/mol. The van der Waals surface area contributed by atoms with Gasteiger partial charge in [0.1, 0.15) is 8.24 Å². The summed E-state index contributed by atoms with van der Waals surface area (Å²) in [6.45, 7) is 84.9. The van der Waals surface area contributed by atoms with E-state index in [2.05, 4.69) is 237 Å². The molecule has 0 bridgehead atoms. The molecule has 2 nitrogen and oxygen atoms in total. The lowest BCUT2D eigenvalue weighted by molar-refractivity contribution is 0.470. The largest absolute Gasteiger partial charge is 0.323 e. The summed E-state index contributed by atoms with van der Waals surface area (Å²) in [5.74, 6) is 1.55. The van der Waals surface area contributed by atoms with E-state index >= 15 is 0 Å². The van der Waals surface area contributed by atoms with Crippen LogP contribution in [0, 0.1) is 0 Å². The fourth-order valence-corrected chi connectivity index (χ4v) is 29.6. The molecule has 0 aromatic carbocycles. The van der Waals surface area contributed by atoms with Crippen LogP contribution >= 0.6 is 63.5 Å². The van der Waals surface area contributed by atoms with Crippen molar-refractivity contribution in [1.29, 1.82) is 0 Å². The molecule has 0 fully saturated rings. The molecule has 0 saturated heterocycles. The van der Waals surface area contributed by atoms with Gasteiger partial charge in [-0.05, 0) is 115 Å². The summed E-state index contributed by atoms with van der Waals surface area (Å²) in [6.07, 6.45) is 8.83. The molecule has 0 aromatic heterocycles. The predicted octanol–water partition coefficient (Wildman–Crippen LogP) is 20.9. The van der Waals surface area contributed by atoms with E-state index in [1.165, 1.54) is 57.2 Å². The van der Waals surface area contributed by atoms with Gasteiger partial charge in [0.25, 0.3) is 0 Å². The maximum atomic E-state index is 5.39. The molecule has 66 heavy (non-hydrogen) atoms. The van der Waals surface area contributed by atoms with Crippen molar-refractivity contribution < 1.29 is 0 Å². The fourth-order valence-electron chi connectivity index (χ4n) is 9.93. The van der Waals surface area contributed by atoms with Gasteiger partial charge in [-0.15, -0.1) is 31.8 Å². The first-order valence-electron chi connectivity index (χ1n) is 26.2. The van der Waals surface area contributed by atoms with Crippen molar-refractivity contribution in [2.75, 3.05) is 62.6 Å². The molecule has 0 spiro atoms. The number of nitrogens with one attached hydrogen (secondary N) is 1. The smallest absolute Gasteiger partial charge is 0.119 e. The Morgan fingerprint density at radius 3 is 0.727 bits per heavy atom. The Bertz CT molecular complexity index is 1080. The molecule has 10 heteroatoms. The van der Waals surface area contributed by atoms with Gasteiger partial charge in [-0.3, -0.25) is 0 Å². The predicted molar refractivity (Wildman–Crippen MR) is 336 cm³/mol. The molecule has 0 saturated carbocycles. The number of rotatable bonds is 17. The van der Waals surface area contributed by atoms with Crippen molar-refractivity contribution in [1.82, 2.24) is 9.88 Å². The molecule has 404 valence electrons. The maximum absolute atomic E-state index is 5.39. The van der Waals surface area contributed by atoms with Gasteiger partial charge in [0.05, 0.1) is 0 Å². The minimum absolute atomic E-state index is 0.00778. The van der Waals surface area contributed by atoms with Crippen molar-refractivity contribution in [3.05, 3.63) is 0 Å². The molecule has 0 heterocycles. The molecule has 0 aromatic rings. The van der Waals surface area contributed by atoms with Crippen LogP contribution in [0.3, 0.4) is 0 Å². The molecule has 0 atom stereocenters. The number of hydrogen-bond acceptors (Lipinski definition) is 2. The monoisotopic (exact) mass is 1080 g/mol. The summed E-state index contributed by atoms with van der Waals surface area (Å²) in [6, 6.07) is 0. The normalized spacial score (nSPS) is 14.4. The second-order valence-corrected chi connectivity index (χ2v) is 54.9. The maximum Gasteiger partial charge on any atom is 0.119 e. The van der Waals surface area contributed by atoms with Crippen LogP contribution in [0.2, 0.25) is 19.6 Å². The van der Waals surface area contributed by atoms with Crippen LogP contribution in [-0.4, -0.2) is 127 Å². The van der Waals surface area contributed by atoms with Gasteiger partial charge in [-0.25, -0.2) is 0 Å². The molecular weight excluding hydrogens is 954 g/mol. The third-order valence-corrected chi connectivity index (χ3v) is 31.1. The SMILES string of the molecule is CC(C)(C)P(CCN(CCP(C(C)(C)C)C(C)(C)C)[Si](C)(C)C)C(C)(C)C.CC(C)(C)P(CCNCCP(C(C)(C)C)C(C)(C)C)C(C)(C)C.CC(C)(C)PC(C)(C)C.ClCCCCCCl. The van der Waals surface area contributed by atoms with Gasteiger partial charge in [-0.2, -0.15) is 0 Å². The zero-order chi connectivity index (χ0) is 54.0. The quantitative estimate of drug-likeness (QED) is 0.0676. The van der Waals surface area contributed by atoms with Gasteiger partial charge in [0.15, 0.2) is 0 Å². The number of halogens is 2. The highest BCUT2D eigenvalue weighted by molar-refractivity contribution is 7.62. The first-order valence-corrected chi connectivity index (χ1v) is 37.8. The highest BCUT2D eigenvalue weighted by Crippen LogP contribution is 2.62. The van der Waals surface area contributed by atoms with Gasteiger partial charge in [-0.1, -0.05) is 265 Å². The Kier molecular flexibility index (Phi) is 35.5. The lowest BCUT2D eigenvalue weighted by Gasteiger charge is -2.46. The van der Waals surface area contributed by atoms with Gasteiger partial charge >= 0.3 is 0 Å². The molecular formula is C56H127Cl2N2P5Si. The lowest BCUT2D eigenvalue weighted by Crippen LogP contribution is -2.49. The second-order valence-electron chi connectivity index (χ2n) is 29.9. The number of alkyl halides is 2. The Hall–Kier alpha value is 2.87. The first kappa shape index (κ1) is 75.4. The number of unbranched alkanes of at least 4 members (excludes halogenated alkanes) is 2. The Labute approximate surface area is 439 Å². The molecule has 0 amide bonds. The van der Waals surface area contributed by atoms with Crippen molar-refractivity contribution in [3.63, 3.8) is 0 Å². The minimum Gasteiger partial charge on any atom is -0.323 e. The Morgan fingerprint density at radius 1 is 0.364 bits per heavy atom. The van der Waals surface area contributed by atoms with Crippen molar-refractivity contribution in [3.8, 4) is 0 Å². The minimum atomic E-state index is -1.30. The first-order chi connectivity index (χ1) is 28.7. The Balaban J connectivity index is -0.000000440. The summed E-state index contributed by atoms with van der Waals surface area (Å²) in [5.41, 5.74) is 0. The summed E-state index contributed by atoms with van der Waals surface area (Å²) in [4.78, 5) is 0. The van der Waals surface area contributed by atoms with Gasteiger partial charge < -0.3 is 9.88 Å². The molecule has 0 radical (unpaired) electrons. The molecule has 0 unspecified atom stereocenters. The summed E-state index contributed by atoms with van der Waals surface area (Å²) in [7, 11) is -0.221. The van der Waals surface area contributed by atoms with Gasteiger partial charge in [0, 0.05) is 11.8 Å². The molecule has 0 aliphatic rings. The van der Waals surface area contributed by atoms with E-state index < -0.39 is 8.24 Å². The van der Waals surface area contributed by atoms with E-state index in [0.29, 0.717) is 51.6 Å². The zero-order valence-electron chi connectivity index (χ0n) is 51.7. The third-order valence-electron chi connectivity index (χ3n) is 11.2. The Morgan fingerprint density at radius 2 is 0.576 bits per heavy atom. The number of nitrogens with zero attached hydrogens (tertiary/aromatic N) is 1. The van der Waals surface area contributed by atoms with Crippen molar-refractivity contribution >= 4 is 71.7 Å². The van der Waals surface area contributed by atoms with E-state index in [0.717, 1.165) is 33.2 Å². The van der Waals surface area contributed by atoms with E-state index in [9.17, 15) is 0 Å². The second kappa shape index (κ2) is 31.0. The topological polar surface area (TPSA) is 15.3 Å². The van der Waals surface area contributed by atoms with Crippen LogP contribution in [0.5, 0.6) is 0 Å². The van der Waals surface area contributed by atoms with E-state index in [4.69, 9.17) is 23.2 Å². The fraction of sp³-hybridized carbons (Fsp3) is 1.00. The highest BCUT2D eigenvalue weighted by atomic mass is 35.5. The lowest BCUT2D eigenvalue weighted by atomic mass is 10.2. The summed E-state index contributed by atoms with van der Waals surface area (Å²) < 4.78 is 2.92. The third kappa shape index (κ3) is 40.3. The standard InChI is InChI=1S/C23H53NP2Si.C20H45NP2.C8H19P.C5H10Cl2/c1-20(2,3)25(21(4,5)6)18-16-24(27(13,14)15)17-19-26(22(7,8)9)23(10,11)12;1-17(2,3)22(18(4,5)6)15-13-21-14-16-23(19(7,8)9)20(10,11)12;1-7(2,3)9-8(4,5)6;6-4-2-1-3-5-7/h16-19H2,1-15H3;21H,13-16H2,1-12H3;9H,1-6H3;1-5H2. The molecule has 0 rings (SSSR count). The van der Waals surface area contributed by atoms with Crippen molar-refractivity contribution in [2.45, 2.75) is 298 Å². The van der Waals surface area contributed by atoms with Crippen LogP contribution in [0.4, 0.5) is 0 Å². The van der Waals surface area contributed by atoms with E-state index in [-0.39, 0.29) is 31.7 Å². The molecule has 0 aliphatic heterocycles. The van der Waals surface area contributed by atoms with Crippen molar-refractivity contribution in [2.24, 2.45) is 0 Å². The molecule has 0 aliphatic carbocycles. The van der Waals surface area contributed by atoms with Crippen LogP contribution in [0.25, 0.3) is 0 Å². The van der Waals surface area contributed by atoms with E-state index in [1.807, 2.05) is 0 Å². The van der Waals surface area contributed by atoms with Crippen LogP contribution in [0.1, 0.15) is 227 Å². The molecule has 1 N–H and O–H groups in total. The zero-order valence-corrected chi connectivity index (χ0v) is 58.8. The van der Waals surface area contributed by atoms with Crippen LogP contribution in [0.15, 0.2) is 0 Å². The van der Waals surface area contributed by atoms with E-state index in [1.54, 1.807) is 0 Å². The van der Waals surface area contributed by atoms with Crippen LogP contribution in [-0.2, 0) is 0 Å². The summed E-state index contributed by atoms with van der Waals surface area (Å²) >= 11 is 10.8. The summed E-state index contributed by atoms with van der Waals surface area (Å²) in [5, 5.41) is 8.29.